The van der Waals surface area contributed by atoms with Crippen LogP contribution in [0.5, 0.6) is 0 Å². The number of fused-ring (bicyclic) bond motifs is 1. The highest BCUT2D eigenvalue weighted by molar-refractivity contribution is 5.91. The van der Waals surface area contributed by atoms with Crippen LogP contribution >= 0.6 is 0 Å². The maximum absolute atomic E-state index is 11.6. The minimum Gasteiger partial charge on any atom is -0.458 e. The average molecular weight is 238 g/mol. The summed E-state index contributed by atoms with van der Waals surface area (Å²) in [5.74, 6) is -0.700. The molecule has 94 valence electrons. The Morgan fingerprint density at radius 2 is 2.18 bits per heavy atom. The van der Waals surface area contributed by atoms with Gasteiger partial charge in [0, 0.05) is 11.5 Å². The highest BCUT2D eigenvalue weighted by Gasteiger charge is 2.46. The maximum Gasteiger partial charge on any atom is 0.334 e. The van der Waals surface area contributed by atoms with E-state index < -0.39 is 0 Å². The number of hydrogen-bond acceptors (Lipinski definition) is 4. The van der Waals surface area contributed by atoms with Gasteiger partial charge in [0.15, 0.2) is 0 Å². The average Bonchev–Trinajstić information content (AvgIpc) is 2.57. The molecule has 4 nitrogen and oxygen atoms in total. The predicted octanol–water partition coefficient (Wildman–Crippen LogP) is 1.84. The molecule has 1 heterocycles. The van der Waals surface area contributed by atoms with Crippen molar-refractivity contribution >= 4 is 11.9 Å². The van der Waals surface area contributed by atoms with Gasteiger partial charge < -0.3 is 9.47 Å². The van der Waals surface area contributed by atoms with E-state index in [-0.39, 0.29) is 36.0 Å². The van der Waals surface area contributed by atoms with Crippen LogP contribution < -0.4 is 0 Å². The second kappa shape index (κ2) is 4.51. The third-order valence-electron chi connectivity index (χ3n) is 3.46. The first-order valence-corrected chi connectivity index (χ1v) is 6.11. The Bertz CT molecular complexity index is 358. The SMILES string of the molecule is C=C1C(=O)OC2C(OC(=O)C(C)C)CCCC12. The lowest BCUT2D eigenvalue weighted by atomic mass is 9.82. The summed E-state index contributed by atoms with van der Waals surface area (Å²) in [5, 5.41) is 0. The predicted molar refractivity (Wildman–Crippen MR) is 61.1 cm³/mol. The van der Waals surface area contributed by atoms with Gasteiger partial charge in [0.1, 0.15) is 12.2 Å². The molecule has 3 atom stereocenters. The molecule has 0 N–H and O–H groups in total. The van der Waals surface area contributed by atoms with Crippen molar-refractivity contribution in [3.05, 3.63) is 12.2 Å². The van der Waals surface area contributed by atoms with Gasteiger partial charge in [-0.1, -0.05) is 20.4 Å². The van der Waals surface area contributed by atoms with Crippen molar-refractivity contribution in [1.29, 1.82) is 0 Å². The number of ether oxygens (including phenoxy) is 2. The van der Waals surface area contributed by atoms with E-state index >= 15 is 0 Å². The molecule has 2 fully saturated rings. The van der Waals surface area contributed by atoms with Crippen LogP contribution in [-0.2, 0) is 19.1 Å². The van der Waals surface area contributed by atoms with Gasteiger partial charge in [-0.3, -0.25) is 4.79 Å². The summed E-state index contributed by atoms with van der Waals surface area (Å²) in [6.45, 7) is 7.34. The van der Waals surface area contributed by atoms with Crippen molar-refractivity contribution < 1.29 is 19.1 Å². The fraction of sp³-hybridized carbons (Fsp3) is 0.692. The lowest BCUT2D eigenvalue weighted by Gasteiger charge is -2.31. The van der Waals surface area contributed by atoms with E-state index in [0.717, 1.165) is 19.3 Å². The van der Waals surface area contributed by atoms with Crippen LogP contribution in [0.4, 0.5) is 0 Å². The van der Waals surface area contributed by atoms with Crippen LogP contribution in [0.2, 0.25) is 0 Å². The van der Waals surface area contributed by atoms with E-state index in [1.54, 1.807) is 13.8 Å². The molecule has 4 heteroatoms. The van der Waals surface area contributed by atoms with Gasteiger partial charge in [0.2, 0.25) is 0 Å². The summed E-state index contributed by atoms with van der Waals surface area (Å²) >= 11 is 0. The molecular weight excluding hydrogens is 220 g/mol. The molecule has 17 heavy (non-hydrogen) atoms. The van der Waals surface area contributed by atoms with Gasteiger partial charge in [-0.15, -0.1) is 0 Å². The van der Waals surface area contributed by atoms with Crippen LogP contribution in [0.25, 0.3) is 0 Å². The zero-order valence-electron chi connectivity index (χ0n) is 10.3. The highest BCUT2D eigenvalue weighted by Crippen LogP contribution is 2.39. The van der Waals surface area contributed by atoms with Crippen molar-refractivity contribution in [3.63, 3.8) is 0 Å². The molecule has 0 radical (unpaired) electrons. The quantitative estimate of drug-likeness (QED) is 0.544. The fourth-order valence-corrected chi connectivity index (χ4v) is 2.42. The second-order valence-corrected chi connectivity index (χ2v) is 5.06. The zero-order valence-corrected chi connectivity index (χ0v) is 10.3. The fourth-order valence-electron chi connectivity index (χ4n) is 2.42. The molecule has 0 aromatic heterocycles. The Morgan fingerprint density at radius 1 is 1.47 bits per heavy atom. The molecule has 0 spiro atoms. The summed E-state index contributed by atoms with van der Waals surface area (Å²) in [6, 6.07) is 0. The second-order valence-electron chi connectivity index (χ2n) is 5.06. The van der Waals surface area contributed by atoms with E-state index in [4.69, 9.17) is 9.47 Å². The van der Waals surface area contributed by atoms with Crippen molar-refractivity contribution in [3.8, 4) is 0 Å². The number of carbonyl (C=O) groups excluding carboxylic acids is 2. The lowest BCUT2D eigenvalue weighted by molar-refractivity contribution is -0.168. The Hall–Kier alpha value is -1.32. The molecule has 1 saturated carbocycles. The number of hydrogen-bond donors (Lipinski definition) is 0. The third-order valence-corrected chi connectivity index (χ3v) is 3.46. The molecule has 0 aromatic carbocycles. The van der Waals surface area contributed by atoms with Crippen LogP contribution in [0.3, 0.4) is 0 Å². The summed E-state index contributed by atoms with van der Waals surface area (Å²) in [4.78, 5) is 23.0. The lowest BCUT2D eigenvalue weighted by Crippen LogP contribution is -2.39. The monoisotopic (exact) mass is 238 g/mol. The maximum atomic E-state index is 11.6. The van der Waals surface area contributed by atoms with Crippen LogP contribution in [0.1, 0.15) is 33.1 Å². The molecule has 0 bridgehead atoms. The molecule has 2 rings (SSSR count). The first kappa shape index (κ1) is 12.1. The van der Waals surface area contributed by atoms with Crippen molar-refractivity contribution in [2.75, 3.05) is 0 Å². The van der Waals surface area contributed by atoms with Gasteiger partial charge in [0.25, 0.3) is 0 Å². The van der Waals surface area contributed by atoms with E-state index in [0.29, 0.717) is 5.57 Å². The topological polar surface area (TPSA) is 52.6 Å². The summed E-state index contributed by atoms with van der Waals surface area (Å²) in [6.07, 6.45) is 1.98. The molecule has 1 saturated heterocycles. The molecule has 0 amide bonds. The van der Waals surface area contributed by atoms with Gasteiger partial charge >= 0.3 is 11.9 Å². The minimum atomic E-state index is -0.340. The van der Waals surface area contributed by atoms with Crippen LogP contribution in [-0.4, -0.2) is 24.1 Å². The molecule has 2 aliphatic rings. The number of esters is 2. The molecular formula is C13H18O4. The normalized spacial score (nSPS) is 32.3. The first-order chi connectivity index (χ1) is 8.00. The minimum absolute atomic E-state index is 0.0289. The standard InChI is InChI=1S/C13H18O4/c1-7(2)12(14)16-10-6-4-5-9-8(3)13(15)17-11(9)10/h7,9-11H,3-6H2,1-2H3. The number of carbonyl (C=O) groups is 2. The van der Waals surface area contributed by atoms with Crippen molar-refractivity contribution in [1.82, 2.24) is 0 Å². The largest absolute Gasteiger partial charge is 0.458 e. The van der Waals surface area contributed by atoms with Gasteiger partial charge in [-0.05, 0) is 19.3 Å². The number of rotatable bonds is 2. The molecule has 1 aliphatic heterocycles. The first-order valence-electron chi connectivity index (χ1n) is 6.11. The molecule has 1 aliphatic carbocycles. The Balaban J connectivity index is 2.06. The van der Waals surface area contributed by atoms with E-state index in [1.807, 2.05) is 0 Å². The van der Waals surface area contributed by atoms with Crippen molar-refractivity contribution in [2.24, 2.45) is 11.8 Å². The summed E-state index contributed by atoms with van der Waals surface area (Å²) in [7, 11) is 0. The van der Waals surface area contributed by atoms with Gasteiger partial charge in [0.05, 0.1) is 5.92 Å². The van der Waals surface area contributed by atoms with Gasteiger partial charge in [-0.2, -0.15) is 0 Å². The smallest absolute Gasteiger partial charge is 0.334 e. The van der Waals surface area contributed by atoms with Crippen molar-refractivity contribution in [2.45, 2.75) is 45.3 Å². The third kappa shape index (κ3) is 2.21. The van der Waals surface area contributed by atoms with E-state index in [2.05, 4.69) is 6.58 Å². The van der Waals surface area contributed by atoms with Gasteiger partial charge in [-0.25, -0.2) is 4.79 Å². The van der Waals surface area contributed by atoms with Crippen LogP contribution in [0, 0.1) is 11.8 Å². The Morgan fingerprint density at radius 3 is 2.82 bits per heavy atom. The summed E-state index contributed by atoms with van der Waals surface area (Å²) in [5.41, 5.74) is 0.528. The Labute approximate surface area is 101 Å². The highest BCUT2D eigenvalue weighted by atomic mass is 16.6. The Kier molecular flexibility index (Phi) is 3.22. The van der Waals surface area contributed by atoms with E-state index in [9.17, 15) is 9.59 Å². The molecule has 0 aromatic rings. The van der Waals surface area contributed by atoms with E-state index in [1.165, 1.54) is 0 Å². The zero-order chi connectivity index (χ0) is 12.6. The summed E-state index contributed by atoms with van der Waals surface area (Å²) < 4.78 is 10.7. The van der Waals surface area contributed by atoms with Crippen LogP contribution in [0.15, 0.2) is 12.2 Å². The molecule has 3 unspecified atom stereocenters.